The first-order chi connectivity index (χ1) is 9.65. The molecule has 0 bridgehead atoms. The van der Waals surface area contributed by atoms with Gasteiger partial charge in [-0.25, -0.2) is 17.5 Å². The molecule has 0 saturated heterocycles. The molecule has 0 spiro atoms. The normalized spacial score (nSPS) is 11.9. The van der Waals surface area contributed by atoms with Gasteiger partial charge in [0.05, 0.1) is 4.90 Å². The number of hydrogen-bond acceptors (Lipinski definition) is 3. The number of rotatable bonds is 4. The summed E-state index contributed by atoms with van der Waals surface area (Å²) in [4.78, 5) is -0.0845. The van der Waals surface area contributed by atoms with Crippen LogP contribution in [0.1, 0.15) is 32.8 Å². The van der Waals surface area contributed by atoms with Crippen LogP contribution in [0.25, 0.3) is 0 Å². The average Bonchev–Trinajstić information content (AvgIpc) is 2.34. The largest absolute Gasteiger partial charge is 0.384 e. The molecule has 4 nitrogen and oxygen atoms in total. The maximum absolute atomic E-state index is 13.2. The Bertz CT molecular complexity index is 652. The fourth-order valence-electron chi connectivity index (χ4n) is 1.61. The molecule has 116 valence electrons. The zero-order valence-corrected chi connectivity index (χ0v) is 13.2. The smallest absolute Gasteiger partial charge is 0.241 e. The van der Waals surface area contributed by atoms with Crippen molar-refractivity contribution in [3.8, 4) is 11.8 Å². The molecule has 6 heteroatoms. The highest BCUT2D eigenvalue weighted by atomic mass is 32.2. The molecule has 0 aliphatic heterocycles. The molecule has 0 aliphatic rings. The van der Waals surface area contributed by atoms with Gasteiger partial charge in [0, 0.05) is 12.1 Å². The molecule has 0 unspecified atom stereocenters. The maximum Gasteiger partial charge on any atom is 0.241 e. The molecule has 2 N–H and O–H groups in total. The first kappa shape index (κ1) is 17.6. The fourth-order valence-corrected chi connectivity index (χ4v) is 2.78. The van der Waals surface area contributed by atoms with E-state index in [1.165, 1.54) is 6.07 Å². The maximum atomic E-state index is 13.2. The monoisotopic (exact) mass is 313 g/mol. The Balaban J connectivity index is 3.02. The highest BCUT2D eigenvalue weighted by molar-refractivity contribution is 7.89. The molecule has 0 aliphatic carbocycles. The van der Waals surface area contributed by atoms with Crippen LogP contribution in [0.5, 0.6) is 0 Å². The fraction of sp³-hybridized carbons (Fsp3) is 0.467. The standard InChI is InChI=1S/C15H20FNO3S/c1-15(2,3)8-9-17-21(19,20)14-7-6-13(16)11-12(14)5-4-10-18/h6-7,11,17-18H,8-10H2,1-3H3. The van der Waals surface area contributed by atoms with Crippen LogP contribution in [0.2, 0.25) is 0 Å². The predicted molar refractivity (Wildman–Crippen MR) is 79.6 cm³/mol. The number of aliphatic hydroxyl groups excluding tert-OH is 1. The van der Waals surface area contributed by atoms with Gasteiger partial charge >= 0.3 is 0 Å². The van der Waals surface area contributed by atoms with Crippen LogP contribution in [0.15, 0.2) is 23.1 Å². The van der Waals surface area contributed by atoms with E-state index in [2.05, 4.69) is 16.6 Å². The first-order valence-electron chi connectivity index (χ1n) is 6.55. The van der Waals surface area contributed by atoms with E-state index in [1.54, 1.807) is 0 Å². The summed E-state index contributed by atoms with van der Waals surface area (Å²) in [6.07, 6.45) is 0.672. The second kappa shape index (κ2) is 7.03. The van der Waals surface area contributed by atoms with E-state index in [4.69, 9.17) is 5.11 Å². The Morgan fingerprint density at radius 2 is 2.00 bits per heavy atom. The van der Waals surface area contributed by atoms with Gasteiger partial charge in [0.25, 0.3) is 0 Å². The molecule has 1 aromatic rings. The van der Waals surface area contributed by atoms with Crippen molar-refractivity contribution in [3.05, 3.63) is 29.6 Å². The lowest BCUT2D eigenvalue weighted by atomic mass is 9.93. The predicted octanol–water partition coefficient (Wildman–Crippen LogP) is 1.88. The van der Waals surface area contributed by atoms with Gasteiger partial charge in [0.1, 0.15) is 12.4 Å². The SMILES string of the molecule is CC(C)(C)CCNS(=O)(=O)c1ccc(F)cc1C#CCO. The first-order valence-corrected chi connectivity index (χ1v) is 8.03. The van der Waals surface area contributed by atoms with Gasteiger partial charge in [0.2, 0.25) is 10.0 Å². The van der Waals surface area contributed by atoms with E-state index >= 15 is 0 Å². The van der Waals surface area contributed by atoms with Crippen LogP contribution in [-0.4, -0.2) is 26.7 Å². The zero-order chi connectivity index (χ0) is 16.1. The van der Waals surface area contributed by atoms with Crippen molar-refractivity contribution in [2.45, 2.75) is 32.1 Å². The molecule has 21 heavy (non-hydrogen) atoms. The van der Waals surface area contributed by atoms with E-state index in [0.717, 1.165) is 12.1 Å². The van der Waals surface area contributed by atoms with E-state index in [0.29, 0.717) is 6.42 Å². The van der Waals surface area contributed by atoms with E-state index in [-0.39, 0.29) is 22.4 Å². The summed E-state index contributed by atoms with van der Waals surface area (Å²) >= 11 is 0. The van der Waals surface area contributed by atoms with Crippen molar-refractivity contribution in [1.29, 1.82) is 0 Å². The minimum Gasteiger partial charge on any atom is -0.384 e. The van der Waals surface area contributed by atoms with Crippen LogP contribution in [0.4, 0.5) is 4.39 Å². The molecule has 0 heterocycles. The summed E-state index contributed by atoms with van der Waals surface area (Å²) in [5.41, 5.74) is 0.0393. The lowest BCUT2D eigenvalue weighted by molar-refractivity contribution is 0.350. The van der Waals surface area contributed by atoms with Crippen LogP contribution < -0.4 is 4.72 Å². The molecule has 0 amide bonds. The van der Waals surface area contributed by atoms with Crippen molar-refractivity contribution >= 4 is 10.0 Å². The Labute approximate surface area is 125 Å². The third kappa shape index (κ3) is 5.84. The number of benzene rings is 1. The van der Waals surface area contributed by atoms with Gasteiger partial charge in [-0.15, -0.1) is 0 Å². The number of halogens is 1. The van der Waals surface area contributed by atoms with Crippen molar-refractivity contribution in [2.24, 2.45) is 5.41 Å². The van der Waals surface area contributed by atoms with Crippen molar-refractivity contribution in [3.63, 3.8) is 0 Å². The van der Waals surface area contributed by atoms with Crippen molar-refractivity contribution < 1.29 is 17.9 Å². The molecule has 1 rings (SSSR count). The van der Waals surface area contributed by atoms with Gasteiger partial charge in [-0.2, -0.15) is 0 Å². The Kier molecular flexibility index (Phi) is 5.90. The third-order valence-electron chi connectivity index (χ3n) is 2.70. The van der Waals surface area contributed by atoms with Crippen molar-refractivity contribution in [1.82, 2.24) is 4.72 Å². The number of sulfonamides is 1. The van der Waals surface area contributed by atoms with Gasteiger partial charge in [-0.05, 0) is 30.0 Å². The number of aliphatic hydroxyl groups is 1. The highest BCUT2D eigenvalue weighted by Gasteiger charge is 2.19. The second-order valence-corrected chi connectivity index (χ2v) is 7.54. The summed E-state index contributed by atoms with van der Waals surface area (Å²) in [7, 11) is -3.76. The zero-order valence-electron chi connectivity index (χ0n) is 12.4. The summed E-state index contributed by atoms with van der Waals surface area (Å²) < 4.78 is 40.2. The molecule has 0 atom stereocenters. The Morgan fingerprint density at radius 3 is 2.57 bits per heavy atom. The van der Waals surface area contributed by atoms with Gasteiger partial charge in [0.15, 0.2) is 0 Å². The molecule has 0 radical (unpaired) electrons. The summed E-state index contributed by atoms with van der Waals surface area (Å²) in [6.45, 7) is 5.90. The third-order valence-corrected chi connectivity index (χ3v) is 4.22. The van der Waals surface area contributed by atoms with Gasteiger partial charge in [-0.3, -0.25) is 0 Å². The molecule has 0 saturated carbocycles. The lowest BCUT2D eigenvalue weighted by Gasteiger charge is -2.18. The molecule has 0 fully saturated rings. The molecule has 1 aromatic carbocycles. The molecular formula is C15H20FNO3S. The summed E-state index contributed by atoms with van der Waals surface area (Å²) in [5, 5.41) is 8.69. The minimum absolute atomic E-state index is 0.00480. The average molecular weight is 313 g/mol. The van der Waals surface area contributed by atoms with Gasteiger partial charge in [-0.1, -0.05) is 32.6 Å². The summed E-state index contributed by atoms with van der Waals surface area (Å²) in [6, 6.07) is 3.29. The summed E-state index contributed by atoms with van der Waals surface area (Å²) in [5.74, 6) is 4.21. The Hall–Kier alpha value is -1.42. The Morgan fingerprint density at radius 1 is 1.33 bits per heavy atom. The van der Waals surface area contributed by atoms with Crippen LogP contribution >= 0.6 is 0 Å². The van der Waals surface area contributed by atoms with Gasteiger partial charge < -0.3 is 5.11 Å². The number of nitrogens with one attached hydrogen (secondary N) is 1. The van der Waals surface area contributed by atoms with Crippen molar-refractivity contribution in [2.75, 3.05) is 13.2 Å². The minimum atomic E-state index is -3.76. The van der Waals surface area contributed by atoms with E-state index in [1.807, 2.05) is 20.8 Å². The van der Waals surface area contributed by atoms with Crippen LogP contribution in [0, 0.1) is 23.1 Å². The molecule has 0 aromatic heterocycles. The van der Waals surface area contributed by atoms with Crippen LogP contribution in [-0.2, 0) is 10.0 Å². The number of hydrogen-bond donors (Lipinski definition) is 2. The highest BCUT2D eigenvalue weighted by Crippen LogP contribution is 2.19. The molecular weight excluding hydrogens is 293 g/mol. The van der Waals surface area contributed by atoms with Crippen LogP contribution in [0.3, 0.4) is 0 Å². The van der Waals surface area contributed by atoms with E-state index in [9.17, 15) is 12.8 Å². The topological polar surface area (TPSA) is 66.4 Å². The second-order valence-electron chi connectivity index (χ2n) is 5.81. The lowest BCUT2D eigenvalue weighted by Crippen LogP contribution is -2.28. The quantitative estimate of drug-likeness (QED) is 0.834. The van der Waals surface area contributed by atoms with E-state index < -0.39 is 22.4 Å².